The first kappa shape index (κ1) is 18.3. The summed E-state index contributed by atoms with van der Waals surface area (Å²) in [5, 5.41) is 3.42. The Kier molecular flexibility index (Phi) is 4.88. The van der Waals surface area contributed by atoms with Crippen molar-refractivity contribution in [3.8, 4) is 0 Å². The minimum absolute atomic E-state index is 0.100. The minimum atomic E-state index is -0.433. The molecule has 142 valence electrons. The second-order valence-corrected chi connectivity index (χ2v) is 6.95. The van der Waals surface area contributed by atoms with Crippen molar-refractivity contribution in [1.82, 2.24) is 14.3 Å². The number of nitrogens with one attached hydrogen (secondary N) is 1. The standard InChI is InChI=1S/C21H17ClFN3O2/c22-15-4-1-3-14(11-15)13-24-20(27)8-10-26-19-12-16(23)6-7-17(19)25-9-2-5-18(25)21(26)28/h1-7,9,11-12H,8,10,13H2,(H,24,27). The van der Waals surface area contributed by atoms with Gasteiger partial charge < -0.3 is 14.3 Å². The predicted molar refractivity (Wildman–Crippen MR) is 107 cm³/mol. The maximum absolute atomic E-state index is 13.8. The summed E-state index contributed by atoms with van der Waals surface area (Å²) < 4.78 is 17.0. The summed E-state index contributed by atoms with van der Waals surface area (Å²) in [7, 11) is 0. The van der Waals surface area contributed by atoms with Crippen LogP contribution >= 0.6 is 11.6 Å². The molecule has 0 unspecified atom stereocenters. The summed E-state index contributed by atoms with van der Waals surface area (Å²) >= 11 is 5.94. The highest BCUT2D eigenvalue weighted by Crippen LogP contribution is 2.17. The van der Waals surface area contributed by atoms with E-state index < -0.39 is 5.82 Å². The molecule has 7 heteroatoms. The lowest BCUT2D eigenvalue weighted by molar-refractivity contribution is -0.121. The Morgan fingerprint density at radius 1 is 1.04 bits per heavy atom. The van der Waals surface area contributed by atoms with E-state index in [0.717, 1.165) is 5.56 Å². The maximum Gasteiger partial charge on any atom is 0.275 e. The number of halogens is 2. The molecule has 2 aromatic carbocycles. The molecule has 4 rings (SSSR count). The molecule has 1 N–H and O–H groups in total. The Morgan fingerprint density at radius 3 is 2.71 bits per heavy atom. The molecule has 0 aliphatic heterocycles. The first-order valence-corrected chi connectivity index (χ1v) is 9.21. The van der Waals surface area contributed by atoms with Crippen LogP contribution in [-0.4, -0.2) is 14.9 Å². The average molecular weight is 398 g/mol. The first-order chi connectivity index (χ1) is 13.5. The van der Waals surface area contributed by atoms with Crippen molar-refractivity contribution in [2.45, 2.75) is 19.5 Å². The van der Waals surface area contributed by atoms with E-state index in [1.54, 1.807) is 40.9 Å². The number of aryl methyl sites for hydroxylation is 1. The number of amides is 1. The normalized spacial score (nSPS) is 11.2. The SMILES string of the molecule is O=C(CCn1c(=O)c2cccn2c2ccc(F)cc21)NCc1cccc(Cl)c1. The summed E-state index contributed by atoms with van der Waals surface area (Å²) in [6.45, 7) is 0.503. The van der Waals surface area contributed by atoms with Gasteiger partial charge >= 0.3 is 0 Å². The van der Waals surface area contributed by atoms with Gasteiger partial charge in [-0.2, -0.15) is 0 Å². The van der Waals surface area contributed by atoms with E-state index in [0.29, 0.717) is 28.1 Å². The molecule has 0 aliphatic rings. The molecule has 0 saturated heterocycles. The van der Waals surface area contributed by atoms with Gasteiger partial charge in [-0.05, 0) is 48.0 Å². The third-order valence-electron chi connectivity index (χ3n) is 4.64. The van der Waals surface area contributed by atoms with Crippen LogP contribution in [-0.2, 0) is 17.9 Å². The van der Waals surface area contributed by atoms with E-state index in [4.69, 9.17) is 11.6 Å². The zero-order valence-electron chi connectivity index (χ0n) is 14.9. The molecular formula is C21H17ClFN3O2. The van der Waals surface area contributed by atoms with Crippen LogP contribution in [0.2, 0.25) is 5.02 Å². The van der Waals surface area contributed by atoms with Crippen LogP contribution in [0, 0.1) is 5.82 Å². The van der Waals surface area contributed by atoms with E-state index >= 15 is 0 Å². The Morgan fingerprint density at radius 2 is 1.89 bits per heavy atom. The van der Waals surface area contributed by atoms with Gasteiger partial charge in [0.05, 0.1) is 11.0 Å². The van der Waals surface area contributed by atoms with Crippen molar-refractivity contribution >= 4 is 34.1 Å². The molecule has 2 aromatic heterocycles. The van der Waals surface area contributed by atoms with Crippen LogP contribution in [0.1, 0.15) is 12.0 Å². The van der Waals surface area contributed by atoms with Gasteiger partial charge in [-0.3, -0.25) is 9.59 Å². The summed E-state index contributed by atoms with van der Waals surface area (Å²) in [6, 6.07) is 15.0. The molecule has 0 saturated carbocycles. The van der Waals surface area contributed by atoms with E-state index in [-0.39, 0.29) is 24.4 Å². The van der Waals surface area contributed by atoms with Gasteiger partial charge in [0, 0.05) is 30.7 Å². The van der Waals surface area contributed by atoms with Gasteiger partial charge in [0.2, 0.25) is 5.91 Å². The van der Waals surface area contributed by atoms with Gasteiger partial charge in [-0.25, -0.2) is 4.39 Å². The molecular weight excluding hydrogens is 381 g/mol. The van der Waals surface area contributed by atoms with E-state index in [9.17, 15) is 14.0 Å². The molecule has 0 bridgehead atoms. The van der Waals surface area contributed by atoms with Crippen LogP contribution in [0.4, 0.5) is 4.39 Å². The number of benzene rings is 2. The molecule has 5 nitrogen and oxygen atoms in total. The summed E-state index contributed by atoms with van der Waals surface area (Å²) in [4.78, 5) is 25.1. The third kappa shape index (κ3) is 3.51. The first-order valence-electron chi connectivity index (χ1n) is 8.83. The van der Waals surface area contributed by atoms with E-state index in [2.05, 4.69) is 5.32 Å². The highest BCUT2D eigenvalue weighted by Gasteiger charge is 2.12. The molecule has 0 spiro atoms. The van der Waals surface area contributed by atoms with Gasteiger partial charge in [-0.15, -0.1) is 0 Å². The molecule has 0 aliphatic carbocycles. The fraction of sp³-hybridized carbons (Fsp3) is 0.143. The summed E-state index contributed by atoms with van der Waals surface area (Å²) in [5.41, 5.74) is 2.28. The molecule has 28 heavy (non-hydrogen) atoms. The lowest BCUT2D eigenvalue weighted by Gasteiger charge is -2.13. The summed E-state index contributed by atoms with van der Waals surface area (Å²) in [6.07, 6.45) is 1.86. The number of carbonyl (C=O) groups excluding carboxylic acids is 1. The Balaban J connectivity index is 1.57. The molecule has 2 heterocycles. The molecule has 0 atom stereocenters. The number of fused-ring (bicyclic) bond motifs is 3. The summed E-state index contributed by atoms with van der Waals surface area (Å²) in [5.74, 6) is -0.635. The largest absolute Gasteiger partial charge is 0.352 e. The quantitative estimate of drug-likeness (QED) is 0.557. The smallest absolute Gasteiger partial charge is 0.275 e. The zero-order valence-corrected chi connectivity index (χ0v) is 15.6. The van der Waals surface area contributed by atoms with Crippen molar-refractivity contribution < 1.29 is 9.18 Å². The van der Waals surface area contributed by atoms with Crippen LogP contribution in [0.15, 0.2) is 65.6 Å². The van der Waals surface area contributed by atoms with Crippen molar-refractivity contribution in [2.24, 2.45) is 0 Å². The van der Waals surface area contributed by atoms with Crippen LogP contribution in [0.3, 0.4) is 0 Å². The Labute approximate surface area is 165 Å². The van der Waals surface area contributed by atoms with Crippen molar-refractivity contribution in [2.75, 3.05) is 0 Å². The number of hydrogen-bond acceptors (Lipinski definition) is 2. The maximum atomic E-state index is 13.8. The lowest BCUT2D eigenvalue weighted by Crippen LogP contribution is -2.28. The third-order valence-corrected chi connectivity index (χ3v) is 4.88. The van der Waals surface area contributed by atoms with Crippen molar-refractivity contribution in [3.05, 3.63) is 87.6 Å². The fourth-order valence-corrected chi connectivity index (χ4v) is 3.51. The predicted octanol–water partition coefficient (Wildman–Crippen LogP) is 3.75. The number of carbonyl (C=O) groups is 1. The second kappa shape index (κ2) is 7.48. The Hall–Kier alpha value is -3.12. The second-order valence-electron chi connectivity index (χ2n) is 6.51. The lowest BCUT2D eigenvalue weighted by atomic mass is 10.2. The highest BCUT2D eigenvalue weighted by atomic mass is 35.5. The minimum Gasteiger partial charge on any atom is -0.352 e. The Bertz CT molecular complexity index is 1250. The van der Waals surface area contributed by atoms with Gasteiger partial charge in [-0.1, -0.05) is 23.7 Å². The molecule has 4 aromatic rings. The van der Waals surface area contributed by atoms with Crippen LogP contribution in [0.25, 0.3) is 16.6 Å². The number of nitrogens with zero attached hydrogens (tertiary/aromatic N) is 2. The number of rotatable bonds is 5. The van der Waals surface area contributed by atoms with E-state index in [1.165, 1.54) is 16.7 Å². The van der Waals surface area contributed by atoms with Crippen LogP contribution < -0.4 is 10.9 Å². The number of aromatic nitrogens is 2. The monoisotopic (exact) mass is 397 g/mol. The van der Waals surface area contributed by atoms with Crippen LogP contribution in [0.5, 0.6) is 0 Å². The molecule has 0 fully saturated rings. The molecule has 1 amide bonds. The topological polar surface area (TPSA) is 55.5 Å². The number of hydrogen-bond donors (Lipinski definition) is 1. The van der Waals surface area contributed by atoms with Crippen molar-refractivity contribution in [1.29, 1.82) is 0 Å². The zero-order chi connectivity index (χ0) is 19.7. The van der Waals surface area contributed by atoms with Gasteiger partial charge in [0.15, 0.2) is 0 Å². The van der Waals surface area contributed by atoms with Gasteiger partial charge in [0.25, 0.3) is 5.56 Å². The fourth-order valence-electron chi connectivity index (χ4n) is 3.30. The van der Waals surface area contributed by atoms with E-state index in [1.807, 2.05) is 12.1 Å². The average Bonchev–Trinajstić information content (AvgIpc) is 3.16. The van der Waals surface area contributed by atoms with Crippen molar-refractivity contribution in [3.63, 3.8) is 0 Å². The molecule has 0 radical (unpaired) electrons. The van der Waals surface area contributed by atoms with Gasteiger partial charge in [0.1, 0.15) is 11.3 Å². The highest BCUT2D eigenvalue weighted by molar-refractivity contribution is 6.30.